The maximum atomic E-state index is 13.6. The first-order chi connectivity index (χ1) is 17.4. The van der Waals surface area contributed by atoms with Crippen LogP contribution in [0.1, 0.15) is 21.5 Å². The van der Waals surface area contributed by atoms with Crippen LogP contribution in [0.5, 0.6) is 0 Å². The molecular formula is C28H24Cl2FN3OS. The van der Waals surface area contributed by atoms with E-state index in [4.69, 9.17) is 28.9 Å². The molecular weight excluding hydrogens is 516 g/mol. The quantitative estimate of drug-likeness (QED) is 0.268. The molecule has 184 valence electrons. The van der Waals surface area contributed by atoms with E-state index in [0.29, 0.717) is 32.7 Å². The lowest BCUT2D eigenvalue weighted by Crippen LogP contribution is -2.46. The number of carbonyl (C=O) groups excluding carboxylic acids is 1. The topological polar surface area (TPSA) is 49.6 Å². The Balaban J connectivity index is 1.44. The summed E-state index contributed by atoms with van der Waals surface area (Å²) in [4.78, 5) is 19.2. The maximum Gasteiger partial charge on any atom is 0.196 e. The van der Waals surface area contributed by atoms with E-state index >= 15 is 0 Å². The van der Waals surface area contributed by atoms with Crippen molar-refractivity contribution in [2.24, 2.45) is 0 Å². The molecule has 5 rings (SSSR count). The first kappa shape index (κ1) is 24.8. The zero-order valence-electron chi connectivity index (χ0n) is 19.4. The maximum absolute atomic E-state index is 13.6. The lowest BCUT2D eigenvalue weighted by Gasteiger charge is -2.36. The summed E-state index contributed by atoms with van der Waals surface area (Å²) in [5, 5.41) is 1.73. The van der Waals surface area contributed by atoms with Gasteiger partial charge in [0, 0.05) is 58.9 Å². The molecule has 0 amide bonds. The van der Waals surface area contributed by atoms with Gasteiger partial charge < -0.3 is 10.6 Å². The van der Waals surface area contributed by atoms with Crippen LogP contribution in [-0.2, 0) is 6.54 Å². The van der Waals surface area contributed by atoms with Gasteiger partial charge in [-0.15, -0.1) is 11.3 Å². The van der Waals surface area contributed by atoms with Gasteiger partial charge >= 0.3 is 0 Å². The predicted octanol–water partition coefficient (Wildman–Crippen LogP) is 7.00. The molecule has 36 heavy (non-hydrogen) atoms. The number of benzene rings is 3. The van der Waals surface area contributed by atoms with E-state index in [2.05, 4.69) is 9.80 Å². The van der Waals surface area contributed by atoms with Crippen LogP contribution in [0.15, 0.2) is 72.8 Å². The Morgan fingerprint density at radius 2 is 1.44 bits per heavy atom. The summed E-state index contributed by atoms with van der Waals surface area (Å²) >= 11 is 13.6. The smallest absolute Gasteiger partial charge is 0.196 e. The Morgan fingerprint density at radius 1 is 0.861 bits per heavy atom. The molecule has 4 aromatic rings. The van der Waals surface area contributed by atoms with Gasteiger partial charge in [0.05, 0.1) is 10.6 Å². The van der Waals surface area contributed by atoms with E-state index in [1.165, 1.54) is 23.5 Å². The number of halogens is 3. The van der Waals surface area contributed by atoms with Crippen molar-refractivity contribution in [3.05, 3.63) is 105 Å². The minimum Gasteiger partial charge on any atom is -0.390 e. The highest BCUT2D eigenvalue weighted by Gasteiger charge is 2.27. The lowest BCUT2D eigenvalue weighted by atomic mass is 9.97. The molecule has 2 heterocycles. The minimum absolute atomic E-state index is 0.111. The van der Waals surface area contributed by atoms with Crippen LogP contribution in [0, 0.1) is 5.82 Å². The number of rotatable bonds is 6. The number of piperazine rings is 1. The summed E-state index contributed by atoms with van der Waals surface area (Å²) in [7, 11) is 0. The first-order valence-electron chi connectivity index (χ1n) is 11.6. The molecule has 0 atom stereocenters. The van der Waals surface area contributed by atoms with Crippen molar-refractivity contribution in [3.63, 3.8) is 0 Å². The lowest BCUT2D eigenvalue weighted by molar-refractivity contribution is 0.103. The van der Waals surface area contributed by atoms with E-state index in [9.17, 15) is 9.18 Å². The Morgan fingerprint density at radius 3 is 2.06 bits per heavy atom. The van der Waals surface area contributed by atoms with Crippen LogP contribution < -0.4 is 10.6 Å². The molecule has 1 fully saturated rings. The van der Waals surface area contributed by atoms with Gasteiger partial charge in [-0.2, -0.15) is 0 Å². The number of ketones is 1. The van der Waals surface area contributed by atoms with E-state index in [-0.39, 0.29) is 11.6 Å². The zero-order valence-corrected chi connectivity index (χ0v) is 21.7. The van der Waals surface area contributed by atoms with Crippen LogP contribution in [0.25, 0.3) is 10.4 Å². The highest BCUT2D eigenvalue weighted by Crippen LogP contribution is 2.41. The number of thiophene rings is 1. The van der Waals surface area contributed by atoms with Crippen LogP contribution in [0.3, 0.4) is 0 Å². The van der Waals surface area contributed by atoms with Gasteiger partial charge in [0.15, 0.2) is 5.78 Å². The number of hydrogen-bond acceptors (Lipinski definition) is 5. The van der Waals surface area contributed by atoms with Crippen LogP contribution in [-0.4, -0.2) is 36.9 Å². The number of nitrogens with two attached hydrogens (primary N) is 1. The largest absolute Gasteiger partial charge is 0.390 e. The second-order valence-corrected chi connectivity index (χ2v) is 10.7. The fourth-order valence-electron chi connectivity index (χ4n) is 4.50. The van der Waals surface area contributed by atoms with E-state index in [1.807, 2.05) is 36.4 Å². The fraction of sp³-hybridized carbons (Fsp3) is 0.179. The Labute approximate surface area is 223 Å². The van der Waals surface area contributed by atoms with Gasteiger partial charge in [-0.05, 0) is 71.8 Å². The highest BCUT2D eigenvalue weighted by atomic mass is 35.5. The summed E-state index contributed by atoms with van der Waals surface area (Å²) in [6.45, 7) is 3.82. The van der Waals surface area contributed by atoms with Crippen LogP contribution >= 0.6 is 34.5 Å². The van der Waals surface area contributed by atoms with E-state index < -0.39 is 0 Å². The normalized spacial score (nSPS) is 14.2. The van der Waals surface area contributed by atoms with Crippen molar-refractivity contribution in [2.45, 2.75) is 6.54 Å². The van der Waals surface area contributed by atoms with Crippen molar-refractivity contribution in [3.8, 4) is 10.4 Å². The third kappa shape index (κ3) is 5.27. The predicted molar refractivity (Wildman–Crippen MR) is 148 cm³/mol. The third-order valence-corrected chi connectivity index (χ3v) is 8.03. The van der Waals surface area contributed by atoms with Crippen molar-refractivity contribution >= 4 is 51.0 Å². The molecule has 3 aromatic carbocycles. The molecule has 1 saturated heterocycles. The Hall–Kier alpha value is -2.90. The second-order valence-electron chi connectivity index (χ2n) is 8.73. The molecule has 4 nitrogen and oxygen atoms in total. The molecule has 1 aromatic heterocycles. The van der Waals surface area contributed by atoms with Gasteiger partial charge in [0.1, 0.15) is 5.82 Å². The van der Waals surface area contributed by atoms with Crippen molar-refractivity contribution in [1.82, 2.24) is 4.90 Å². The summed E-state index contributed by atoms with van der Waals surface area (Å²) in [5.74, 6) is -0.347. The van der Waals surface area contributed by atoms with Crippen LogP contribution in [0.4, 0.5) is 15.1 Å². The van der Waals surface area contributed by atoms with Gasteiger partial charge in [-0.3, -0.25) is 9.69 Å². The second kappa shape index (κ2) is 10.6. The summed E-state index contributed by atoms with van der Waals surface area (Å²) in [5.41, 5.74) is 10.5. The van der Waals surface area contributed by atoms with E-state index in [1.54, 1.807) is 24.3 Å². The fourth-order valence-corrected chi connectivity index (χ4v) is 5.84. The van der Waals surface area contributed by atoms with E-state index in [0.717, 1.165) is 47.9 Å². The molecule has 0 spiro atoms. The van der Waals surface area contributed by atoms with Gasteiger partial charge in [-0.25, -0.2) is 4.39 Å². The average Bonchev–Trinajstić information content (AvgIpc) is 3.21. The molecule has 1 aliphatic rings. The number of anilines is 2. The highest BCUT2D eigenvalue weighted by molar-refractivity contribution is 7.20. The molecule has 1 aliphatic heterocycles. The van der Waals surface area contributed by atoms with Crippen molar-refractivity contribution in [2.75, 3.05) is 36.8 Å². The molecule has 0 unspecified atom stereocenters. The Kier molecular flexibility index (Phi) is 7.30. The van der Waals surface area contributed by atoms with Crippen molar-refractivity contribution in [1.29, 1.82) is 0 Å². The van der Waals surface area contributed by atoms with Gasteiger partial charge in [0.2, 0.25) is 0 Å². The number of hydrogen-bond donors (Lipinski definition) is 1. The average molecular weight is 540 g/mol. The SMILES string of the molecule is Nc1sc(-c2ccc(Cl)cc2)c(CN2CCN(c3ccc(F)cc3)CC2)c1C(=O)c1ccc(Cl)cc1. The summed E-state index contributed by atoms with van der Waals surface area (Å²) in [6.07, 6.45) is 0. The van der Waals surface area contributed by atoms with Gasteiger partial charge in [0.25, 0.3) is 0 Å². The monoisotopic (exact) mass is 539 g/mol. The number of nitrogens with zero attached hydrogens (tertiary/aromatic N) is 2. The minimum atomic E-state index is -0.236. The standard InChI is InChI=1S/C28H24Cl2FN3OS/c29-20-5-1-18(2-6-20)26(35)25-24(27(36-28(25)32)19-3-7-21(30)8-4-19)17-33-13-15-34(16-14-33)23-11-9-22(31)10-12-23/h1-12H,13-17,32H2. The van der Waals surface area contributed by atoms with Crippen LogP contribution in [0.2, 0.25) is 10.0 Å². The molecule has 8 heteroatoms. The van der Waals surface area contributed by atoms with Crippen molar-refractivity contribution < 1.29 is 9.18 Å². The summed E-state index contributed by atoms with van der Waals surface area (Å²) < 4.78 is 13.3. The number of nitrogen functional groups attached to an aromatic ring is 1. The third-order valence-electron chi connectivity index (χ3n) is 6.42. The Bertz CT molecular complexity index is 1360. The molecule has 0 saturated carbocycles. The zero-order chi connectivity index (χ0) is 25.2. The number of carbonyl (C=O) groups is 1. The molecule has 0 aliphatic carbocycles. The molecule has 0 bridgehead atoms. The molecule has 0 radical (unpaired) electrons. The summed E-state index contributed by atoms with van der Waals surface area (Å²) in [6, 6.07) is 21.1. The first-order valence-corrected chi connectivity index (χ1v) is 13.2. The van der Waals surface area contributed by atoms with Gasteiger partial charge in [-0.1, -0.05) is 35.3 Å². The molecule has 2 N–H and O–H groups in total.